The molecular weight excluding hydrogens is 216 g/mol. The molecule has 0 aliphatic carbocycles. The van der Waals surface area contributed by atoms with Crippen LogP contribution in [-0.4, -0.2) is 19.6 Å². The highest BCUT2D eigenvalue weighted by molar-refractivity contribution is 5.20. The van der Waals surface area contributed by atoms with Gasteiger partial charge in [-0.25, -0.2) is 5.43 Å². The number of hydrazine groups is 1. The largest absolute Gasteiger partial charge is 0.271 e. The first-order valence-corrected chi connectivity index (χ1v) is 5.73. The van der Waals surface area contributed by atoms with Gasteiger partial charge < -0.3 is 0 Å². The lowest BCUT2D eigenvalue weighted by Crippen LogP contribution is -2.32. The minimum atomic E-state index is -0.0865. The quantitative estimate of drug-likeness (QED) is 0.586. The summed E-state index contributed by atoms with van der Waals surface area (Å²) >= 11 is 0. The van der Waals surface area contributed by atoms with Crippen LogP contribution in [0.15, 0.2) is 24.5 Å². The second-order valence-corrected chi connectivity index (χ2v) is 3.96. The van der Waals surface area contributed by atoms with E-state index in [4.69, 9.17) is 5.84 Å². The first-order valence-electron chi connectivity index (χ1n) is 5.73. The Balaban J connectivity index is 2.35. The van der Waals surface area contributed by atoms with Gasteiger partial charge in [-0.1, -0.05) is 6.92 Å². The van der Waals surface area contributed by atoms with Gasteiger partial charge in [0.05, 0.1) is 11.4 Å². The van der Waals surface area contributed by atoms with Crippen molar-refractivity contribution >= 4 is 0 Å². The number of aryl methyl sites for hydroxylation is 2. The highest BCUT2D eigenvalue weighted by Gasteiger charge is 2.19. The van der Waals surface area contributed by atoms with Crippen molar-refractivity contribution in [1.29, 1.82) is 0 Å². The van der Waals surface area contributed by atoms with E-state index in [2.05, 4.69) is 22.5 Å². The summed E-state index contributed by atoms with van der Waals surface area (Å²) in [6, 6.07) is 3.85. The molecule has 0 aromatic carbocycles. The smallest absolute Gasteiger partial charge is 0.104 e. The summed E-state index contributed by atoms with van der Waals surface area (Å²) in [4.78, 5) is 0. The van der Waals surface area contributed by atoms with E-state index in [0.29, 0.717) is 0 Å². The summed E-state index contributed by atoms with van der Waals surface area (Å²) in [6.07, 6.45) is 4.60. The molecule has 0 amide bonds. The first kappa shape index (κ1) is 11.8. The minimum Gasteiger partial charge on any atom is -0.271 e. The van der Waals surface area contributed by atoms with Crippen molar-refractivity contribution in [2.24, 2.45) is 12.9 Å². The molecule has 2 heterocycles. The van der Waals surface area contributed by atoms with Crippen LogP contribution in [0.4, 0.5) is 0 Å². The number of hydrogen-bond donors (Lipinski definition) is 2. The van der Waals surface area contributed by atoms with Gasteiger partial charge in [-0.15, -0.1) is 0 Å². The predicted molar refractivity (Wildman–Crippen MR) is 64.9 cm³/mol. The van der Waals surface area contributed by atoms with Gasteiger partial charge in [0.25, 0.3) is 0 Å². The van der Waals surface area contributed by atoms with E-state index in [1.807, 2.05) is 28.5 Å². The fourth-order valence-corrected chi connectivity index (χ4v) is 1.98. The van der Waals surface area contributed by atoms with Crippen LogP contribution >= 0.6 is 0 Å². The van der Waals surface area contributed by atoms with Gasteiger partial charge in [-0.2, -0.15) is 10.2 Å². The summed E-state index contributed by atoms with van der Waals surface area (Å²) in [5.74, 6) is 5.66. The highest BCUT2D eigenvalue weighted by atomic mass is 15.3. The maximum atomic E-state index is 5.66. The molecule has 6 nitrogen and oxygen atoms in total. The zero-order chi connectivity index (χ0) is 12.3. The van der Waals surface area contributed by atoms with E-state index in [1.54, 1.807) is 12.4 Å². The number of aromatic nitrogens is 4. The average molecular weight is 234 g/mol. The molecule has 0 spiro atoms. The highest BCUT2D eigenvalue weighted by Crippen LogP contribution is 2.20. The molecule has 2 aromatic rings. The maximum Gasteiger partial charge on any atom is 0.104 e. The topological polar surface area (TPSA) is 73.7 Å². The molecule has 0 radical (unpaired) electrons. The van der Waals surface area contributed by atoms with Gasteiger partial charge in [-0.3, -0.25) is 15.2 Å². The fraction of sp³-hybridized carbons (Fsp3) is 0.455. The zero-order valence-electron chi connectivity index (χ0n) is 10.2. The number of nitrogens with two attached hydrogens (primary N) is 1. The SMILES string of the molecule is CCCn1nccc1C(NN)c1ccnn1C. The van der Waals surface area contributed by atoms with Crippen molar-refractivity contribution in [2.45, 2.75) is 25.9 Å². The molecule has 0 aliphatic heterocycles. The molecule has 3 N–H and O–H groups in total. The van der Waals surface area contributed by atoms with E-state index < -0.39 is 0 Å². The van der Waals surface area contributed by atoms with Crippen LogP contribution in [0.25, 0.3) is 0 Å². The summed E-state index contributed by atoms with van der Waals surface area (Å²) in [7, 11) is 1.90. The van der Waals surface area contributed by atoms with Crippen LogP contribution in [0.1, 0.15) is 30.8 Å². The molecule has 0 aliphatic rings. The third-order valence-electron chi connectivity index (χ3n) is 2.80. The number of hydrogen-bond acceptors (Lipinski definition) is 4. The molecule has 17 heavy (non-hydrogen) atoms. The Labute approximate surface area is 100 Å². The van der Waals surface area contributed by atoms with E-state index in [0.717, 1.165) is 24.4 Å². The van der Waals surface area contributed by atoms with E-state index in [-0.39, 0.29) is 6.04 Å². The Morgan fingerprint density at radius 1 is 1.29 bits per heavy atom. The van der Waals surface area contributed by atoms with Crippen molar-refractivity contribution in [2.75, 3.05) is 0 Å². The first-order chi connectivity index (χ1) is 8.27. The fourth-order valence-electron chi connectivity index (χ4n) is 1.98. The van der Waals surface area contributed by atoms with E-state index in [1.165, 1.54) is 0 Å². The van der Waals surface area contributed by atoms with Gasteiger partial charge in [0, 0.05) is 26.0 Å². The standard InChI is InChI=1S/C11H18N6/c1-3-8-17-10(5-7-14-17)11(15-12)9-4-6-13-16(9)2/h4-7,11,15H,3,8,12H2,1-2H3. The normalized spacial score (nSPS) is 12.9. The Kier molecular flexibility index (Phi) is 3.55. The van der Waals surface area contributed by atoms with Crippen molar-refractivity contribution in [3.05, 3.63) is 35.9 Å². The van der Waals surface area contributed by atoms with Crippen LogP contribution in [-0.2, 0) is 13.6 Å². The molecule has 0 bridgehead atoms. The van der Waals surface area contributed by atoms with Gasteiger partial charge in [0.1, 0.15) is 6.04 Å². The number of rotatable bonds is 5. The minimum absolute atomic E-state index is 0.0865. The van der Waals surface area contributed by atoms with Crippen LogP contribution in [0.2, 0.25) is 0 Å². The lowest BCUT2D eigenvalue weighted by Gasteiger charge is -2.17. The van der Waals surface area contributed by atoms with Crippen molar-refractivity contribution < 1.29 is 0 Å². The molecule has 2 rings (SSSR count). The number of nitrogens with zero attached hydrogens (tertiary/aromatic N) is 4. The third-order valence-corrected chi connectivity index (χ3v) is 2.80. The second-order valence-electron chi connectivity index (χ2n) is 3.96. The van der Waals surface area contributed by atoms with Gasteiger partial charge >= 0.3 is 0 Å². The van der Waals surface area contributed by atoms with E-state index >= 15 is 0 Å². The van der Waals surface area contributed by atoms with Crippen molar-refractivity contribution in [3.8, 4) is 0 Å². The van der Waals surface area contributed by atoms with Gasteiger partial charge in [0.15, 0.2) is 0 Å². The summed E-state index contributed by atoms with van der Waals surface area (Å²) in [6.45, 7) is 3.01. The Morgan fingerprint density at radius 3 is 2.59 bits per heavy atom. The lowest BCUT2D eigenvalue weighted by atomic mass is 10.1. The van der Waals surface area contributed by atoms with Gasteiger partial charge in [-0.05, 0) is 18.6 Å². The van der Waals surface area contributed by atoms with Crippen LogP contribution in [0, 0.1) is 0 Å². The Hall–Kier alpha value is -1.66. The molecule has 0 fully saturated rings. The second kappa shape index (κ2) is 5.11. The lowest BCUT2D eigenvalue weighted by molar-refractivity contribution is 0.500. The van der Waals surface area contributed by atoms with E-state index in [9.17, 15) is 0 Å². The Bertz CT molecular complexity index is 472. The van der Waals surface area contributed by atoms with Crippen molar-refractivity contribution in [3.63, 3.8) is 0 Å². The monoisotopic (exact) mass is 234 g/mol. The molecule has 6 heteroatoms. The maximum absolute atomic E-state index is 5.66. The third kappa shape index (κ3) is 2.22. The molecule has 0 saturated carbocycles. The molecule has 2 aromatic heterocycles. The number of nitrogens with one attached hydrogen (secondary N) is 1. The molecule has 1 atom stereocenters. The average Bonchev–Trinajstić information content (AvgIpc) is 2.92. The molecule has 92 valence electrons. The zero-order valence-corrected chi connectivity index (χ0v) is 10.2. The van der Waals surface area contributed by atoms with Crippen molar-refractivity contribution in [1.82, 2.24) is 25.0 Å². The Morgan fingerprint density at radius 2 is 2.00 bits per heavy atom. The molecular formula is C11H18N6. The van der Waals surface area contributed by atoms with Crippen LogP contribution < -0.4 is 11.3 Å². The predicted octanol–water partition coefficient (Wildman–Crippen LogP) is 0.579. The van der Waals surface area contributed by atoms with Gasteiger partial charge in [0.2, 0.25) is 0 Å². The summed E-state index contributed by atoms with van der Waals surface area (Å²) in [5.41, 5.74) is 4.90. The summed E-state index contributed by atoms with van der Waals surface area (Å²) < 4.78 is 3.78. The van der Waals surface area contributed by atoms with Crippen LogP contribution in [0.5, 0.6) is 0 Å². The molecule has 1 unspecified atom stereocenters. The molecule has 0 saturated heterocycles. The summed E-state index contributed by atoms with van der Waals surface area (Å²) in [5, 5.41) is 8.47. The van der Waals surface area contributed by atoms with Crippen LogP contribution in [0.3, 0.4) is 0 Å².